The Hall–Kier alpha value is -2.34. The van der Waals surface area contributed by atoms with Crippen molar-refractivity contribution in [1.29, 1.82) is 5.26 Å². The first-order valence-corrected chi connectivity index (χ1v) is 6.93. The van der Waals surface area contributed by atoms with E-state index in [0.717, 1.165) is 41.8 Å². The van der Waals surface area contributed by atoms with Gasteiger partial charge in [-0.3, -0.25) is 4.98 Å². The number of hydrogen-bond donors (Lipinski definition) is 1. The largest absolute Gasteiger partial charge is 0.367 e. The Morgan fingerprint density at radius 3 is 2.30 bits per heavy atom. The highest BCUT2D eigenvalue weighted by molar-refractivity contribution is 5.65. The quantitative estimate of drug-likeness (QED) is 0.913. The Labute approximate surface area is 119 Å². The van der Waals surface area contributed by atoms with Crippen LogP contribution in [0.4, 0.5) is 5.69 Å². The average Bonchev–Trinajstić information content (AvgIpc) is 2.45. The van der Waals surface area contributed by atoms with Crippen LogP contribution in [0.1, 0.15) is 25.0 Å². The molecule has 20 heavy (non-hydrogen) atoms. The predicted molar refractivity (Wildman–Crippen MR) is 80.2 cm³/mol. The van der Waals surface area contributed by atoms with E-state index >= 15 is 0 Å². The van der Waals surface area contributed by atoms with E-state index in [9.17, 15) is 5.26 Å². The van der Waals surface area contributed by atoms with Crippen LogP contribution >= 0.6 is 0 Å². The van der Waals surface area contributed by atoms with Crippen LogP contribution in [0, 0.1) is 18.3 Å². The first-order valence-electron chi connectivity index (χ1n) is 6.93. The molecule has 1 saturated carbocycles. The predicted octanol–water partition coefficient (Wildman–Crippen LogP) is 3.92. The van der Waals surface area contributed by atoms with Gasteiger partial charge in [-0.05, 0) is 49.9 Å². The molecule has 0 unspecified atom stereocenters. The Bertz CT molecular complexity index is 631. The van der Waals surface area contributed by atoms with Crippen molar-refractivity contribution < 1.29 is 0 Å². The molecule has 0 spiro atoms. The molecule has 0 bridgehead atoms. The second-order valence-corrected chi connectivity index (χ2v) is 5.44. The number of aryl methyl sites for hydroxylation is 1. The maximum atomic E-state index is 9.24. The summed E-state index contributed by atoms with van der Waals surface area (Å²) in [6.07, 6.45) is 4.90. The highest BCUT2D eigenvalue weighted by atomic mass is 15.0. The lowest BCUT2D eigenvalue weighted by atomic mass is 9.78. The molecule has 100 valence electrons. The number of benzene rings is 1. The lowest BCUT2D eigenvalue weighted by Crippen LogP contribution is -2.43. The minimum atomic E-state index is -0.340. The van der Waals surface area contributed by atoms with Gasteiger partial charge < -0.3 is 5.32 Å². The molecular weight excluding hydrogens is 246 g/mol. The lowest BCUT2D eigenvalue weighted by Gasteiger charge is -2.36. The molecule has 1 heterocycles. The number of aromatic nitrogens is 1. The van der Waals surface area contributed by atoms with Gasteiger partial charge in [-0.1, -0.05) is 18.2 Å². The molecule has 1 N–H and O–H groups in total. The van der Waals surface area contributed by atoms with Crippen LogP contribution < -0.4 is 5.32 Å². The zero-order valence-corrected chi connectivity index (χ0v) is 11.6. The van der Waals surface area contributed by atoms with Gasteiger partial charge in [-0.15, -0.1) is 0 Å². The zero-order chi connectivity index (χ0) is 14.0. The van der Waals surface area contributed by atoms with Gasteiger partial charge >= 0.3 is 0 Å². The van der Waals surface area contributed by atoms with Gasteiger partial charge in [0.05, 0.1) is 6.07 Å². The minimum Gasteiger partial charge on any atom is -0.367 e. The molecule has 1 aliphatic rings. The molecule has 3 heteroatoms. The summed E-state index contributed by atoms with van der Waals surface area (Å²) in [4.78, 5) is 4.31. The summed E-state index contributed by atoms with van der Waals surface area (Å²) < 4.78 is 0. The maximum Gasteiger partial charge on any atom is 0.125 e. The van der Waals surface area contributed by atoms with Gasteiger partial charge in [0.1, 0.15) is 5.54 Å². The molecule has 0 saturated heterocycles. The Balaban J connectivity index is 1.78. The molecule has 1 aromatic carbocycles. The van der Waals surface area contributed by atoms with E-state index < -0.39 is 0 Å². The van der Waals surface area contributed by atoms with Crippen LogP contribution in [0.3, 0.4) is 0 Å². The van der Waals surface area contributed by atoms with Crippen molar-refractivity contribution in [2.45, 2.75) is 31.7 Å². The summed E-state index contributed by atoms with van der Waals surface area (Å²) in [5.41, 5.74) is 3.94. The lowest BCUT2D eigenvalue weighted by molar-refractivity contribution is 0.356. The Kier molecular flexibility index (Phi) is 3.15. The highest BCUT2D eigenvalue weighted by Gasteiger charge is 2.36. The normalized spacial score (nSPS) is 16.0. The average molecular weight is 263 g/mol. The molecule has 3 rings (SSSR count). The number of hydrogen-bond acceptors (Lipinski definition) is 3. The van der Waals surface area contributed by atoms with E-state index in [-0.39, 0.29) is 5.54 Å². The smallest absolute Gasteiger partial charge is 0.125 e. The third-order valence-electron chi connectivity index (χ3n) is 3.93. The Morgan fingerprint density at radius 1 is 1.10 bits per heavy atom. The van der Waals surface area contributed by atoms with Crippen molar-refractivity contribution in [2.75, 3.05) is 5.32 Å². The number of nitrogens with zero attached hydrogens (tertiary/aromatic N) is 2. The van der Waals surface area contributed by atoms with Crippen molar-refractivity contribution in [3.05, 3.63) is 48.3 Å². The highest BCUT2D eigenvalue weighted by Crippen LogP contribution is 2.35. The molecular formula is C17H17N3. The van der Waals surface area contributed by atoms with Crippen LogP contribution in [0.25, 0.3) is 11.1 Å². The van der Waals surface area contributed by atoms with E-state index in [1.54, 1.807) is 0 Å². The maximum absolute atomic E-state index is 9.24. The second-order valence-electron chi connectivity index (χ2n) is 5.44. The summed E-state index contributed by atoms with van der Waals surface area (Å²) >= 11 is 0. The van der Waals surface area contributed by atoms with Crippen molar-refractivity contribution >= 4 is 5.69 Å². The van der Waals surface area contributed by atoms with Gasteiger partial charge in [0.2, 0.25) is 0 Å². The van der Waals surface area contributed by atoms with Crippen molar-refractivity contribution in [2.24, 2.45) is 0 Å². The van der Waals surface area contributed by atoms with Crippen molar-refractivity contribution in [1.82, 2.24) is 4.98 Å². The van der Waals surface area contributed by atoms with Gasteiger partial charge in [0.25, 0.3) is 0 Å². The fourth-order valence-corrected chi connectivity index (χ4v) is 2.46. The van der Waals surface area contributed by atoms with Gasteiger partial charge in [0, 0.05) is 23.1 Å². The molecule has 0 amide bonds. The number of nitriles is 1. The van der Waals surface area contributed by atoms with Crippen molar-refractivity contribution in [3.63, 3.8) is 0 Å². The monoisotopic (exact) mass is 263 g/mol. The second kappa shape index (κ2) is 4.97. The number of pyridine rings is 1. The third-order valence-corrected chi connectivity index (χ3v) is 3.93. The van der Waals surface area contributed by atoms with Crippen LogP contribution in [0.5, 0.6) is 0 Å². The third kappa shape index (κ3) is 2.37. The number of anilines is 1. The van der Waals surface area contributed by atoms with E-state index in [4.69, 9.17) is 0 Å². The SMILES string of the molecule is Cc1ccc(-c2ccc(NC3(C#N)CCC3)cc2)cn1. The molecule has 1 aliphatic carbocycles. The number of nitrogens with one attached hydrogen (secondary N) is 1. The summed E-state index contributed by atoms with van der Waals surface area (Å²) in [7, 11) is 0. The zero-order valence-electron chi connectivity index (χ0n) is 11.6. The Morgan fingerprint density at radius 2 is 1.80 bits per heavy atom. The molecule has 0 aliphatic heterocycles. The van der Waals surface area contributed by atoms with Crippen molar-refractivity contribution in [3.8, 4) is 17.2 Å². The molecule has 0 radical (unpaired) electrons. The summed E-state index contributed by atoms with van der Waals surface area (Å²) in [6.45, 7) is 1.98. The fourth-order valence-electron chi connectivity index (χ4n) is 2.46. The van der Waals surface area contributed by atoms with E-state index in [1.165, 1.54) is 0 Å². The summed E-state index contributed by atoms with van der Waals surface area (Å²) in [6, 6.07) is 14.7. The van der Waals surface area contributed by atoms with Gasteiger partial charge in [0.15, 0.2) is 0 Å². The van der Waals surface area contributed by atoms with E-state index in [2.05, 4.69) is 34.6 Å². The molecule has 1 fully saturated rings. The fraction of sp³-hybridized carbons (Fsp3) is 0.294. The van der Waals surface area contributed by atoms with Crippen LogP contribution in [-0.4, -0.2) is 10.5 Å². The van der Waals surface area contributed by atoms with Crippen LogP contribution in [-0.2, 0) is 0 Å². The van der Waals surface area contributed by atoms with Crippen LogP contribution in [0.2, 0.25) is 0 Å². The molecule has 3 nitrogen and oxygen atoms in total. The number of rotatable bonds is 3. The van der Waals surface area contributed by atoms with E-state index in [0.29, 0.717) is 0 Å². The van der Waals surface area contributed by atoms with Gasteiger partial charge in [-0.25, -0.2) is 0 Å². The molecule has 1 aromatic heterocycles. The summed E-state index contributed by atoms with van der Waals surface area (Å²) in [5.74, 6) is 0. The molecule has 0 atom stereocenters. The summed E-state index contributed by atoms with van der Waals surface area (Å²) in [5, 5.41) is 12.6. The van der Waals surface area contributed by atoms with Crippen LogP contribution in [0.15, 0.2) is 42.6 Å². The first-order chi connectivity index (χ1) is 9.71. The minimum absolute atomic E-state index is 0.340. The topological polar surface area (TPSA) is 48.7 Å². The van der Waals surface area contributed by atoms with Gasteiger partial charge in [-0.2, -0.15) is 5.26 Å². The molecule has 2 aromatic rings. The standard InChI is InChI=1S/C17H17N3/c1-13-3-4-15(11-19-13)14-5-7-16(8-6-14)20-17(12-18)9-2-10-17/h3-8,11,20H,2,9-10H2,1H3. The first kappa shape index (κ1) is 12.7. The van der Waals surface area contributed by atoms with E-state index in [1.807, 2.05) is 31.3 Å².